The van der Waals surface area contributed by atoms with Gasteiger partial charge in [-0.05, 0) is 128 Å². The number of hydrogen-bond acceptors (Lipinski definition) is 17. The third kappa shape index (κ3) is 42.7. The number of amides is 10. The summed E-state index contributed by atoms with van der Waals surface area (Å²) in [5, 5.41) is 29.3. The Balaban J connectivity index is 0.000000568. The Hall–Kier alpha value is -10.3. The molecule has 3 atom stereocenters. The molecule has 0 aliphatic carbocycles. The van der Waals surface area contributed by atoms with Crippen LogP contribution in [0, 0.1) is 0 Å². The quantitative estimate of drug-likeness (QED) is 0.0173. The predicted octanol–water partition coefficient (Wildman–Crippen LogP) is 11.9. The number of carbonyl (C=O) groups excluding carboxylic acids is 12. The van der Waals surface area contributed by atoms with E-state index in [1.807, 2.05) is 18.2 Å². The first-order valence-corrected chi connectivity index (χ1v) is 38.2. The van der Waals surface area contributed by atoms with Crippen molar-refractivity contribution in [2.45, 2.75) is 154 Å². The molecular formula is C84H110N8O14S2. The minimum absolute atomic E-state index is 0.0157. The van der Waals surface area contributed by atoms with Crippen molar-refractivity contribution in [2.24, 2.45) is 5.73 Å². The lowest BCUT2D eigenvalue weighted by Crippen LogP contribution is -2.42. The molecule has 5 rings (SSSR count). The number of para-hydroxylation sites is 2. The molecule has 10 amide bonds. The largest absolute Gasteiger partial charge is 0.507 e. The van der Waals surface area contributed by atoms with Crippen molar-refractivity contribution < 1.29 is 67.7 Å². The number of thioether (sulfide) groups is 1. The molecule has 3 heterocycles. The Bertz CT molecular complexity index is 3620. The second kappa shape index (κ2) is 59.8. The molecule has 0 aromatic heterocycles. The lowest BCUT2D eigenvalue weighted by molar-refractivity contribution is -0.139. The molecule has 1 saturated heterocycles. The van der Waals surface area contributed by atoms with Gasteiger partial charge in [0, 0.05) is 94.3 Å². The lowest BCUT2D eigenvalue weighted by Gasteiger charge is -2.18. The van der Waals surface area contributed by atoms with Gasteiger partial charge in [0.25, 0.3) is 35.4 Å². The summed E-state index contributed by atoms with van der Waals surface area (Å²) < 4.78 is 0. The summed E-state index contributed by atoms with van der Waals surface area (Å²) in [7, 11) is 0. The van der Waals surface area contributed by atoms with Crippen molar-refractivity contribution in [3.05, 3.63) is 230 Å². The molecule has 0 saturated carbocycles. The highest BCUT2D eigenvalue weighted by Gasteiger charge is 2.39. The molecule has 0 radical (unpaired) electrons. The number of hydrogen-bond donors (Lipinski definition) is 8. The summed E-state index contributed by atoms with van der Waals surface area (Å²) in [6, 6.07) is 10.6. The van der Waals surface area contributed by atoms with Crippen LogP contribution in [0.4, 0.5) is 0 Å². The highest BCUT2D eigenvalue weighted by molar-refractivity contribution is 8.00. The number of allylic oxidation sites excluding steroid dienone is 24. The van der Waals surface area contributed by atoms with Gasteiger partial charge in [-0.1, -0.05) is 184 Å². The average molecular weight is 1520 g/mol. The van der Waals surface area contributed by atoms with Gasteiger partial charge in [0.05, 0.1) is 28.5 Å². The number of aromatic hydroxyl groups is 2. The molecule has 3 aliphatic rings. The van der Waals surface area contributed by atoms with Crippen molar-refractivity contribution in [1.29, 1.82) is 0 Å². The van der Waals surface area contributed by atoms with Crippen LogP contribution in [0.2, 0.25) is 0 Å². The van der Waals surface area contributed by atoms with Crippen LogP contribution in [-0.4, -0.2) is 164 Å². The van der Waals surface area contributed by atoms with Gasteiger partial charge in [0.15, 0.2) is 11.6 Å². The number of phenols is 2. The number of carbonyl (C=O) groups is 12. The number of likely N-dealkylation sites (tertiary alicyclic amines) is 1. The Labute approximate surface area is 647 Å². The van der Waals surface area contributed by atoms with Crippen molar-refractivity contribution >= 4 is 95.0 Å². The Morgan fingerprint density at radius 3 is 1.11 bits per heavy atom. The van der Waals surface area contributed by atoms with Crippen LogP contribution in [0.5, 0.6) is 11.5 Å². The van der Waals surface area contributed by atoms with E-state index in [2.05, 4.69) is 175 Å². The van der Waals surface area contributed by atoms with E-state index in [4.69, 9.17) is 5.73 Å². The molecule has 8 N–H and O–H groups in total. The third-order valence-electron chi connectivity index (χ3n) is 15.5. The van der Waals surface area contributed by atoms with Crippen LogP contribution < -0.4 is 27.0 Å². The van der Waals surface area contributed by atoms with Gasteiger partial charge in [-0.2, -0.15) is 12.6 Å². The van der Waals surface area contributed by atoms with Gasteiger partial charge in [-0.25, -0.2) is 0 Å². The highest BCUT2D eigenvalue weighted by atomic mass is 32.2. The summed E-state index contributed by atoms with van der Waals surface area (Å²) in [4.78, 5) is 144. The SMILES string of the molecule is CC(=O)[C@H](CS)NC(=O)c1ccccc1O.CC/C=C\C/C=C\C/C=C\C/C=C\C/C=C\C/C=C\CCC(=O)NCCN1C(=O)C=CC1=O.CC/C=C\C/C=C\C/C=C\C/C=C\C/C=C\C/C=C\CCC(=O)NCCN1C(=O)CC(SC[C@H](NC(=O)c2ccccc2O)C(C)=O)C1=O.NCCN1C(=O)C=CC1=O. The van der Waals surface area contributed by atoms with Gasteiger partial charge < -0.3 is 37.2 Å². The van der Waals surface area contributed by atoms with Crippen molar-refractivity contribution in [1.82, 2.24) is 36.0 Å². The van der Waals surface area contributed by atoms with Crippen LogP contribution in [0.1, 0.15) is 158 Å². The fourth-order valence-electron chi connectivity index (χ4n) is 9.50. The van der Waals surface area contributed by atoms with E-state index in [1.165, 1.54) is 62.4 Å². The summed E-state index contributed by atoms with van der Waals surface area (Å²) in [6.07, 6.45) is 69.8. The summed E-state index contributed by atoms with van der Waals surface area (Å²) in [5.41, 5.74) is 5.35. The van der Waals surface area contributed by atoms with E-state index >= 15 is 0 Å². The van der Waals surface area contributed by atoms with Gasteiger partial charge in [-0.15, -0.1) is 11.8 Å². The fraction of sp³-hybridized carbons (Fsp3) is 0.381. The summed E-state index contributed by atoms with van der Waals surface area (Å²) in [6.45, 7) is 8.33. The summed E-state index contributed by atoms with van der Waals surface area (Å²) in [5.74, 6) is -3.70. The van der Waals surface area contributed by atoms with Crippen LogP contribution in [0.3, 0.4) is 0 Å². The average Bonchev–Trinajstić information content (AvgIpc) is 1.66. The minimum atomic E-state index is -0.894. The zero-order valence-electron chi connectivity index (χ0n) is 62.8. The number of phenolic OH excluding ortho intramolecular Hbond substituents is 2. The second-order valence-electron chi connectivity index (χ2n) is 24.1. The molecule has 582 valence electrons. The topological polar surface area (TPSA) is 329 Å². The van der Waals surface area contributed by atoms with Gasteiger partial charge >= 0.3 is 0 Å². The van der Waals surface area contributed by atoms with E-state index in [0.717, 1.165) is 104 Å². The number of benzene rings is 2. The fourth-order valence-corrected chi connectivity index (χ4v) is 11.1. The van der Waals surface area contributed by atoms with Crippen LogP contribution in [0.25, 0.3) is 0 Å². The number of rotatable bonds is 46. The molecule has 24 heteroatoms. The third-order valence-corrected chi connectivity index (χ3v) is 17.1. The van der Waals surface area contributed by atoms with Gasteiger partial charge in [0.2, 0.25) is 23.6 Å². The Morgan fingerprint density at radius 2 is 0.787 bits per heavy atom. The number of imide groups is 3. The monoisotopic (exact) mass is 1520 g/mol. The molecule has 1 unspecified atom stereocenters. The highest BCUT2D eigenvalue weighted by Crippen LogP contribution is 2.26. The molecule has 0 spiro atoms. The van der Waals surface area contributed by atoms with Crippen LogP contribution >= 0.6 is 24.4 Å². The number of thiol groups is 1. The van der Waals surface area contributed by atoms with E-state index in [1.54, 1.807) is 24.3 Å². The minimum Gasteiger partial charge on any atom is -0.507 e. The van der Waals surface area contributed by atoms with E-state index in [9.17, 15) is 67.7 Å². The van der Waals surface area contributed by atoms with Crippen LogP contribution in [-0.2, 0) is 47.9 Å². The molecule has 22 nitrogen and oxygen atoms in total. The first-order chi connectivity index (χ1) is 52.2. The Kier molecular flexibility index (Phi) is 51.9. The lowest BCUT2D eigenvalue weighted by atomic mass is 10.1. The number of ketones is 2. The Morgan fingerprint density at radius 1 is 0.472 bits per heavy atom. The number of nitrogens with zero attached hydrogens (tertiary/aromatic N) is 3. The zero-order chi connectivity index (χ0) is 79.4. The van der Waals surface area contributed by atoms with Gasteiger partial charge in [-0.3, -0.25) is 72.2 Å². The molecule has 2 aromatic carbocycles. The maximum absolute atomic E-state index is 12.9. The maximum atomic E-state index is 12.9. The van der Waals surface area contributed by atoms with E-state index in [-0.39, 0.29) is 126 Å². The van der Waals surface area contributed by atoms with Crippen molar-refractivity contribution in [2.75, 3.05) is 50.8 Å². The smallest absolute Gasteiger partial charge is 0.255 e. The standard InChI is InChI=1S/C39H51N3O6S.C28H38N2O3.C11H13NO3S.C6H8N2O2/c1-3-4-5-6-7-8-9-10-11-12-13-14-15-16-17-18-19-20-21-26-36(45)40-27-28-42-37(46)29-35(39(42)48)49-30-33(31(2)43)41-38(47)32-24-22-23-25-34(32)44;1-2-3-4-5-6-7-8-9-10-11-12-13-14-15-16-17-18-19-20-21-26(31)29-24-25-30-27(32)22-23-28(30)33;1-7(13)9(6-16)12-11(15)8-4-2-3-5-10(8)14;7-3-4-8-5(9)1-2-6(8)10/h4-5,7-8,10-11,13-14,16-17,19-20,22-25,33,35,44H,3,6,9,12,15,18,21,26-30H2,1-2H3,(H,40,45)(H,41,47);3-4,6-7,9-10,12-13,15-16,18-19,22-23H,2,5,8,11,14,17,20-21,24-25H2,1H3,(H,29,31);2-5,9,14,16H,6H2,1H3,(H,12,15);1-2H,3-4,7H2/b5-4-,8-7-,11-10-,14-13-,17-16-,20-19-;4-3-,7-6-,10-9-,13-12-,16-15-,19-18-;;/t33-,35?;;9-;/m0.0./s1. The number of Topliss-reactive ketones (excluding diaryl/α,β-unsaturated/α-hetero) is 2. The molecule has 0 bridgehead atoms. The summed E-state index contributed by atoms with van der Waals surface area (Å²) >= 11 is 5.10. The molecule has 1 fully saturated rings. The first-order valence-electron chi connectivity index (χ1n) is 36.6. The molecular weight excluding hydrogens is 1410 g/mol. The first kappa shape index (κ1) is 93.8. The van der Waals surface area contributed by atoms with E-state index in [0.29, 0.717) is 38.8 Å². The van der Waals surface area contributed by atoms with Crippen molar-refractivity contribution in [3.63, 3.8) is 0 Å². The molecule has 108 heavy (non-hydrogen) atoms. The normalized spacial score (nSPS) is 15.1. The number of nitrogens with two attached hydrogens (primary N) is 1. The predicted molar refractivity (Wildman–Crippen MR) is 433 cm³/mol. The number of nitrogens with one attached hydrogen (secondary N) is 4. The van der Waals surface area contributed by atoms with Gasteiger partial charge in [0.1, 0.15) is 11.5 Å². The molecule has 3 aliphatic heterocycles. The zero-order valence-corrected chi connectivity index (χ0v) is 64.5. The maximum Gasteiger partial charge on any atom is 0.255 e. The second-order valence-corrected chi connectivity index (χ2v) is 25.7. The molecule has 2 aromatic rings. The van der Waals surface area contributed by atoms with Crippen molar-refractivity contribution in [3.8, 4) is 11.5 Å². The van der Waals surface area contributed by atoms with Crippen LogP contribution in [0.15, 0.2) is 219 Å². The van der Waals surface area contributed by atoms with E-state index < -0.39 is 29.1 Å².